The van der Waals surface area contributed by atoms with Gasteiger partial charge in [-0.2, -0.15) is 0 Å². The number of amides is 1. The van der Waals surface area contributed by atoms with Gasteiger partial charge in [0, 0.05) is 19.7 Å². The van der Waals surface area contributed by atoms with Gasteiger partial charge in [-0.25, -0.2) is 0 Å². The highest BCUT2D eigenvalue weighted by Crippen LogP contribution is 2.34. The topological polar surface area (TPSA) is 38.3 Å². The summed E-state index contributed by atoms with van der Waals surface area (Å²) in [5.41, 5.74) is 1.27. The van der Waals surface area contributed by atoms with E-state index >= 15 is 0 Å². The number of benzene rings is 2. The molecule has 0 aromatic heterocycles. The summed E-state index contributed by atoms with van der Waals surface area (Å²) in [6.07, 6.45) is 0. The number of rotatable bonds is 3. The molecule has 0 heterocycles. The molecule has 3 nitrogen and oxygen atoms in total. The van der Waals surface area contributed by atoms with Crippen molar-refractivity contribution < 1.29 is 9.53 Å². The molecule has 0 saturated heterocycles. The highest BCUT2D eigenvalue weighted by Gasteiger charge is 2.11. The molecular formula is C14H10Br2INO2. The lowest BCUT2D eigenvalue weighted by molar-refractivity contribution is 0.102. The summed E-state index contributed by atoms with van der Waals surface area (Å²) >= 11 is 9.01. The predicted molar refractivity (Wildman–Crippen MR) is 95.5 cm³/mol. The van der Waals surface area contributed by atoms with Crippen molar-refractivity contribution in [1.82, 2.24) is 0 Å². The maximum atomic E-state index is 12.2. The Bertz CT molecular complexity index is 644. The molecule has 2 rings (SSSR count). The normalized spacial score (nSPS) is 10.2. The van der Waals surface area contributed by atoms with Crippen LogP contribution in [0.1, 0.15) is 10.4 Å². The number of ether oxygens (including phenoxy) is 1. The fourth-order valence-corrected chi connectivity index (χ4v) is 3.19. The maximum absolute atomic E-state index is 12.2. The van der Waals surface area contributed by atoms with Gasteiger partial charge in [-0.15, -0.1) is 0 Å². The van der Waals surface area contributed by atoms with Gasteiger partial charge in [0.15, 0.2) is 0 Å². The average molecular weight is 511 g/mol. The van der Waals surface area contributed by atoms with Crippen LogP contribution < -0.4 is 10.1 Å². The van der Waals surface area contributed by atoms with E-state index in [1.165, 1.54) is 0 Å². The van der Waals surface area contributed by atoms with Crippen LogP contribution in [-0.2, 0) is 0 Å². The number of hydrogen-bond donors (Lipinski definition) is 1. The predicted octanol–water partition coefficient (Wildman–Crippen LogP) is 5.08. The van der Waals surface area contributed by atoms with Gasteiger partial charge in [0.05, 0.1) is 17.3 Å². The van der Waals surface area contributed by atoms with Crippen molar-refractivity contribution in [1.29, 1.82) is 0 Å². The highest BCUT2D eigenvalue weighted by atomic mass is 127. The Balaban J connectivity index is 2.25. The van der Waals surface area contributed by atoms with Crippen LogP contribution in [0.4, 0.5) is 5.69 Å². The number of halogens is 3. The molecule has 0 bridgehead atoms. The Morgan fingerprint density at radius 2 is 1.80 bits per heavy atom. The molecule has 1 amide bonds. The van der Waals surface area contributed by atoms with E-state index in [1.807, 2.05) is 18.2 Å². The van der Waals surface area contributed by atoms with E-state index in [9.17, 15) is 4.79 Å². The minimum atomic E-state index is -0.161. The lowest BCUT2D eigenvalue weighted by atomic mass is 10.2. The summed E-state index contributed by atoms with van der Waals surface area (Å²) < 4.78 is 7.91. The van der Waals surface area contributed by atoms with Crippen molar-refractivity contribution in [3.63, 3.8) is 0 Å². The van der Waals surface area contributed by atoms with Gasteiger partial charge in [0.2, 0.25) is 0 Å². The Hall–Kier alpha value is -0.600. The molecule has 2 aromatic rings. The van der Waals surface area contributed by atoms with Crippen LogP contribution in [0.15, 0.2) is 45.3 Å². The lowest BCUT2D eigenvalue weighted by Gasteiger charge is -2.11. The summed E-state index contributed by atoms with van der Waals surface area (Å²) in [6.45, 7) is 0. The van der Waals surface area contributed by atoms with Crippen LogP contribution in [0, 0.1) is 3.57 Å². The lowest BCUT2D eigenvalue weighted by Crippen LogP contribution is -2.12. The fraction of sp³-hybridized carbons (Fsp3) is 0.0714. The second-order valence-corrected chi connectivity index (χ2v) is 6.88. The highest BCUT2D eigenvalue weighted by molar-refractivity contribution is 14.1. The molecule has 1 N–H and O–H groups in total. The van der Waals surface area contributed by atoms with Gasteiger partial charge in [-0.1, -0.05) is 0 Å². The Kier molecular flexibility index (Phi) is 5.45. The number of carbonyl (C=O) groups is 1. The maximum Gasteiger partial charge on any atom is 0.255 e. The molecule has 2 aromatic carbocycles. The van der Waals surface area contributed by atoms with Crippen LogP contribution in [0.25, 0.3) is 0 Å². The summed E-state index contributed by atoms with van der Waals surface area (Å²) in [6, 6.07) is 11.0. The fourth-order valence-electron chi connectivity index (χ4n) is 1.58. The van der Waals surface area contributed by atoms with Gasteiger partial charge in [0.1, 0.15) is 5.75 Å². The van der Waals surface area contributed by atoms with E-state index in [2.05, 4.69) is 59.8 Å². The molecule has 0 saturated carbocycles. The molecule has 0 aliphatic heterocycles. The molecule has 104 valence electrons. The van der Waals surface area contributed by atoms with Crippen molar-refractivity contribution in [2.45, 2.75) is 0 Å². The van der Waals surface area contributed by atoms with Crippen LogP contribution in [0.3, 0.4) is 0 Å². The Morgan fingerprint density at radius 1 is 1.15 bits per heavy atom. The zero-order valence-corrected chi connectivity index (χ0v) is 15.7. The average Bonchev–Trinajstić information content (AvgIpc) is 2.42. The van der Waals surface area contributed by atoms with Crippen LogP contribution in [0.5, 0.6) is 5.75 Å². The third kappa shape index (κ3) is 3.73. The van der Waals surface area contributed by atoms with Gasteiger partial charge >= 0.3 is 0 Å². The molecule has 0 aliphatic carbocycles. The first-order chi connectivity index (χ1) is 9.51. The van der Waals surface area contributed by atoms with Crippen molar-refractivity contribution in [2.75, 3.05) is 12.4 Å². The van der Waals surface area contributed by atoms with Gasteiger partial charge in [-0.05, 0) is 84.8 Å². The first-order valence-electron chi connectivity index (χ1n) is 5.61. The standard InChI is InChI=1S/C14H10Br2INO2/c1-20-13-7-12(10(15)6-11(13)16)18-14(19)8-2-4-9(17)5-3-8/h2-7H,1H3,(H,18,19). The van der Waals surface area contributed by atoms with E-state index in [0.29, 0.717) is 17.0 Å². The van der Waals surface area contributed by atoms with E-state index in [0.717, 1.165) is 12.5 Å². The molecular weight excluding hydrogens is 501 g/mol. The van der Waals surface area contributed by atoms with Crippen LogP contribution >= 0.6 is 54.5 Å². The van der Waals surface area contributed by atoms with E-state index in [4.69, 9.17) is 4.74 Å². The van der Waals surface area contributed by atoms with Gasteiger partial charge in [-0.3, -0.25) is 4.79 Å². The first-order valence-corrected chi connectivity index (χ1v) is 8.27. The first kappa shape index (κ1) is 15.8. The largest absolute Gasteiger partial charge is 0.495 e. The molecule has 0 unspecified atom stereocenters. The molecule has 0 radical (unpaired) electrons. The summed E-state index contributed by atoms with van der Waals surface area (Å²) in [4.78, 5) is 12.2. The zero-order valence-electron chi connectivity index (χ0n) is 10.4. The number of anilines is 1. The van der Waals surface area contributed by atoms with Crippen LogP contribution in [0.2, 0.25) is 0 Å². The van der Waals surface area contributed by atoms with E-state index in [-0.39, 0.29) is 5.91 Å². The number of carbonyl (C=O) groups excluding carboxylic acids is 1. The van der Waals surface area contributed by atoms with Crippen LogP contribution in [-0.4, -0.2) is 13.0 Å². The van der Waals surface area contributed by atoms with Gasteiger partial charge in [0.25, 0.3) is 5.91 Å². The second-order valence-electron chi connectivity index (χ2n) is 3.93. The molecule has 0 fully saturated rings. The second kappa shape index (κ2) is 6.91. The summed E-state index contributed by atoms with van der Waals surface area (Å²) in [5.74, 6) is 0.498. The minimum absolute atomic E-state index is 0.161. The minimum Gasteiger partial charge on any atom is -0.495 e. The molecule has 0 aliphatic rings. The third-order valence-electron chi connectivity index (χ3n) is 2.60. The number of methoxy groups -OCH3 is 1. The van der Waals surface area contributed by atoms with Crippen molar-refractivity contribution in [2.24, 2.45) is 0 Å². The van der Waals surface area contributed by atoms with Crippen molar-refractivity contribution in [3.05, 3.63) is 54.5 Å². The van der Waals surface area contributed by atoms with E-state index in [1.54, 1.807) is 25.3 Å². The quantitative estimate of drug-likeness (QED) is 0.585. The van der Waals surface area contributed by atoms with Crippen molar-refractivity contribution >= 4 is 66.0 Å². The molecule has 0 atom stereocenters. The smallest absolute Gasteiger partial charge is 0.255 e. The zero-order chi connectivity index (χ0) is 14.7. The number of hydrogen-bond acceptors (Lipinski definition) is 2. The third-order valence-corrected chi connectivity index (χ3v) is 4.59. The summed E-state index contributed by atoms with van der Waals surface area (Å²) in [7, 11) is 1.58. The Morgan fingerprint density at radius 3 is 2.40 bits per heavy atom. The van der Waals surface area contributed by atoms with Gasteiger partial charge < -0.3 is 10.1 Å². The van der Waals surface area contributed by atoms with E-state index < -0.39 is 0 Å². The molecule has 6 heteroatoms. The molecule has 20 heavy (non-hydrogen) atoms. The SMILES string of the molecule is COc1cc(NC(=O)c2ccc(I)cc2)c(Br)cc1Br. The number of nitrogens with one attached hydrogen (secondary N) is 1. The Labute approximate surface area is 147 Å². The summed E-state index contributed by atoms with van der Waals surface area (Å²) in [5, 5.41) is 2.86. The van der Waals surface area contributed by atoms with Crippen molar-refractivity contribution in [3.8, 4) is 5.75 Å². The monoisotopic (exact) mass is 509 g/mol. The molecule has 0 spiro atoms.